The summed E-state index contributed by atoms with van der Waals surface area (Å²) in [6.07, 6.45) is 4.06. The van der Waals surface area contributed by atoms with Crippen molar-refractivity contribution in [1.29, 1.82) is 5.26 Å². The number of rotatable bonds is 8. The third-order valence-electron chi connectivity index (χ3n) is 4.11. The highest BCUT2D eigenvalue weighted by Gasteiger charge is 2.12. The molecule has 0 aliphatic rings. The molecule has 3 rings (SSSR count). The van der Waals surface area contributed by atoms with Crippen LogP contribution in [-0.4, -0.2) is 21.9 Å². The molecule has 0 fully saturated rings. The number of hydrogen-bond donors (Lipinski definition) is 2. The monoisotopic (exact) mass is 403 g/mol. The maximum atomic E-state index is 12.2. The van der Waals surface area contributed by atoms with Crippen molar-refractivity contribution in [3.63, 3.8) is 0 Å². The molecule has 0 spiro atoms. The van der Waals surface area contributed by atoms with Crippen molar-refractivity contribution >= 4 is 23.9 Å². The smallest absolute Gasteiger partial charge is 0.270 e. The summed E-state index contributed by atoms with van der Waals surface area (Å²) in [5.41, 5.74) is 4.15. The number of hydrazone groups is 1. The third-order valence-corrected chi connectivity index (χ3v) is 5.21. The third kappa shape index (κ3) is 5.56. The zero-order valence-corrected chi connectivity index (χ0v) is 16.9. The van der Waals surface area contributed by atoms with Gasteiger partial charge >= 0.3 is 0 Å². The average molecular weight is 404 g/mol. The number of hydrogen-bond acceptors (Lipinski definition) is 6. The van der Waals surface area contributed by atoms with Gasteiger partial charge < -0.3 is 0 Å². The Hall–Kier alpha value is -3.37. The first-order chi connectivity index (χ1) is 14.2. The molecule has 146 valence electrons. The van der Waals surface area contributed by atoms with Crippen LogP contribution >= 0.6 is 11.8 Å². The van der Waals surface area contributed by atoms with Gasteiger partial charge in [-0.3, -0.25) is 9.78 Å². The lowest BCUT2D eigenvalue weighted by atomic mass is 10.1. The fraction of sp³-hybridized carbons (Fsp3) is 0.182. The quantitative estimate of drug-likeness (QED) is 0.247. The molecule has 2 aromatic carbocycles. The van der Waals surface area contributed by atoms with Gasteiger partial charge in [0.15, 0.2) is 0 Å². The molecule has 0 amide bonds. The summed E-state index contributed by atoms with van der Waals surface area (Å²) in [7, 11) is 0. The second-order valence-electron chi connectivity index (χ2n) is 6.26. The Kier molecular flexibility index (Phi) is 7.20. The summed E-state index contributed by atoms with van der Waals surface area (Å²) in [6, 6.07) is 19.2. The van der Waals surface area contributed by atoms with Crippen LogP contribution in [0.2, 0.25) is 0 Å². The first-order valence-corrected chi connectivity index (χ1v) is 10.3. The van der Waals surface area contributed by atoms with E-state index in [-0.39, 0.29) is 11.5 Å². The Morgan fingerprint density at radius 3 is 2.66 bits per heavy atom. The molecule has 0 radical (unpaired) electrons. The van der Waals surface area contributed by atoms with E-state index in [0.29, 0.717) is 11.3 Å². The van der Waals surface area contributed by atoms with Gasteiger partial charge in [0.25, 0.3) is 5.56 Å². The second-order valence-corrected chi connectivity index (χ2v) is 7.43. The van der Waals surface area contributed by atoms with Crippen LogP contribution in [0.5, 0.6) is 0 Å². The van der Waals surface area contributed by atoms with E-state index in [4.69, 9.17) is 0 Å². The molecule has 0 aliphatic heterocycles. The summed E-state index contributed by atoms with van der Waals surface area (Å²) < 4.78 is 0. The Balaban J connectivity index is 1.73. The minimum Gasteiger partial charge on any atom is -0.290 e. The van der Waals surface area contributed by atoms with Gasteiger partial charge in [-0.2, -0.15) is 10.4 Å². The molecule has 29 heavy (non-hydrogen) atoms. The van der Waals surface area contributed by atoms with Crippen LogP contribution in [0.25, 0.3) is 11.3 Å². The van der Waals surface area contributed by atoms with E-state index in [1.807, 2.05) is 48.2 Å². The Morgan fingerprint density at radius 2 is 1.97 bits per heavy atom. The van der Waals surface area contributed by atoms with Crippen LogP contribution in [0, 0.1) is 11.3 Å². The minimum absolute atomic E-state index is 0.0260. The van der Waals surface area contributed by atoms with Gasteiger partial charge in [-0.05, 0) is 29.9 Å². The molecular formula is C22H21N5OS. The van der Waals surface area contributed by atoms with Gasteiger partial charge in [-0.25, -0.2) is 10.4 Å². The number of nitrogens with zero attached hydrogens (tertiary/aromatic N) is 3. The standard InChI is InChI=1S/C22H21N5OS/c1-2-3-13-29-18-11-9-16(10-12-18)15-24-27-22-25-20(17-7-5-4-6-8-17)19(14-23)21(28)26-22/h4-12,15H,2-3,13H2,1H3,(H2,25,26,27,28). The van der Waals surface area contributed by atoms with Crippen molar-refractivity contribution < 1.29 is 0 Å². The van der Waals surface area contributed by atoms with Crippen LogP contribution in [0.1, 0.15) is 30.9 Å². The fourth-order valence-electron chi connectivity index (χ4n) is 2.59. The van der Waals surface area contributed by atoms with Gasteiger partial charge in [0.05, 0.1) is 11.9 Å². The number of unbranched alkanes of at least 4 members (excludes halogenated alkanes) is 1. The Morgan fingerprint density at radius 1 is 1.21 bits per heavy atom. The zero-order chi connectivity index (χ0) is 20.5. The van der Waals surface area contributed by atoms with E-state index in [0.717, 1.165) is 11.3 Å². The molecule has 0 saturated carbocycles. The summed E-state index contributed by atoms with van der Waals surface area (Å²) >= 11 is 1.84. The number of H-pyrrole nitrogens is 1. The van der Waals surface area contributed by atoms with Crippen LogP contribution in [0.4, 0.5) is 5.95 Å². The van der Waals surface area contributed by atoms with Crippen LogP contribution < -0.4 is 11.0 Å². The Labute approximate surface area is 173 Å². The van der Waals surface area contributed by atoms with E-state index >= 15 is 0 Å². The van der Waals surface area contributed by atoms with Crippen molar-refractivity contribution in [2.24, 2.45) is 5.10 Å². The summed E-state index contributed by atoms with van der Waals surface area (Å²) in [5.74, 6) is 1.29. The number of nitriles is 1. The molecule has 0 unspecified atom stereocenters. The first-order valence-electron chi connectivity index (χ1n) is 9.33. The van der Waals surface area contributed by atoms with Crippen LogP contribution in [0.15, 0.2) is 69.4 Å². The first kappa shape index (κ1) is 20.4. The molecule has 0 atom stereocenters. The lowest BCUT2D eigenvalue weighted by Crippen LogP contribution is -2.16. The van der Waals surface area contributed by atoms with Crippen molar-refractivity contribution in [3.05, 3.63) is 76.1 Å². The summed E-state index contributed by atoms with van der Waals surface area (Å²) in [5, 5.41) is 13.5. The molecular weight excluding hydrogens is 382 g/mol. The molecule has 7 heteroatoms. The molecule has 0 aliphatic carbocycles. The summed E-state index contributed by atoms with van der Waals surface area (Å²) in [4.78, 5) is 20.4. The SMILES string of the molecule is CCCCSc1ccc(C=NNc2nc(-c3ccccc3)c(C#N)c(=O)[nH]2)cc1. The fourth-order valence-corrected chi connectivity index (χ4v) is 3.58. The highest BCUT2D eigenvalue weighted by atomic mass is 32.2. The zero-order valence-electron chi connectivity index (χ0n) is 16.1. The summed E-state index contributed by atoms with van der Waals surface area (Å²) in [6.45, 7) is 2.19. The van der Waals surface area contributed by atoms with Gasteiger partial charge in [-0.1, -0.05) is 55.8 Å². The number of anilines is 1. The highest BCUT2D eigenvalue weighted by molar-refractivity contribution is 7.99. The van der Waals surface area contributed by atoms with Crippen molar-refractivity contribution in [3.8, 4) is 17.3 Å². The lowest BCUT2D eigenvalue weighted by Gasteiger charge is -2.06. The number of nitrogens with one attached hydrogen (secondary N) is 2. The topological polar surface area (TPSA) is 93.9 Å². The Bertz CT molecular complexity index is 1070. The maximum Gasteiger partial charge on any atom is 0.270 e. The number of benzene rings is 2. The van der Waals surface area contributed by atoms with E-state index < -0.39 is 5.56 Å². The van der Waals surface area contributed by atoms with Gasteiger partial charge in [0.2, 0.25) is 5.95 Å². The van der Waals surface area contributed by atoms with Crippen molar-refractivity contribution in [1.82, 2.24) is 9.97 Å². The van der Waals surface area contributed by atoms with Gasteiger partial charge in [0, 0.05) is 10.5 Å². The minimum atomic E-state index is -0.507. The molecule has 0 saturated heterocycles. The molecule has 1 heterocycles. The number of aromatic amines is 1. The molecule has 6 nitrogen and oxygen atoms in total. The van der Waals surface area contributed by atoms with Crippen LogP contribution in [0.3, 0.4) is 0 Å². The second kappa shape index (κ2) is 10.2. The van der Waals surface area contributed by atoms with E-state index in [1.165, 1.54) is 17.7 Å². The maximum absolute atomic E-state index is 12.2. The molecule has 1 aromatic heterocycles. The van der Waals surface area contributed by atoms with Crippen LogP contribution in [-0.2, 0) is 0 Å². The molecule has 3 aromatic rings. The normalized spacial score (nSPS) is 10.8. The van der Waals surface area contributed by atoms with Crippen molar-refractivity contribution in [2.75, 3.05) is 11.2 Å². The van der Waals surface area contributed by atoms with Gasteiger partial charge in [0.1, 0.15) is 11.6 Å². The van der Waals surface area contributed by atoms with Crippen molar-refractivity contribution in [2.45, 2.75) is 24.7 Å². The molecule has 0 bridgehead atoms. The lowest BCUT2D eigenvalue weighted by molar-refractivity contribution is 0.896. The number of aromatic nitrogens is 2. The van der Waals surface area contributed by atoms with Gasteiger partial charge in [-0.15, -0.1) is 11.8 Å². The number of thioether (sulfide) groups is 1. The van der Waals surface area contributed by atoms with E-state index in [2.05, 4.69) is 39.6 Å². The van der Waals surface area contributed by atoms with E-state index in [9.17, 15) is 10.1 Å². The average Bonchev–Trinajstić information content (AvgIpc) is 2.75. The van der Waals surface area contributed by atoms with E-state index in [1.54, 1.807) is 18.3 Å². The highest BCUT2D eigenvalue weighted by Crippen LogP contribution is 2.20. The predicted molar refractivity (Wildman–Crippen MR) is 118 cm³/mol. The predicted octanol–water partition coefficient (Wildman–Crippen LogP) is 4.65. The largest absolute Gasteiger partial charge is 0.290 e. The molecule has 2 N–H and O–H groups in total.